The van der Waals surface area contributed by atoms with Crippen molar-refractivity contribution in [1.29, 1.82) is 0 Å². The summed E-state index contributed by atoms with van der Waals surface area (Å²) in [5.74, 6) is -1.80. The Morgan fingerprint density at radius 2 is 1.55 bits per heavy atom. The summed E-state index contributed by atoms with van der Waals surface area (Å²) in [6, 6.07) is 9.24. The van der Waals surface area contributed by atoms with Crippen molar-refractivity contribution < 1.29 is 23.9 Å². The van der Waals surface area contributed by atoms with E-state index in [1.54, 1.807) is 29.2 Å². The zero-order chi connectivity index (χ0) is 20.5. The van der Waals surface area contributed by atoms with E-state index in [0.29, 0.717) is 18.7 Å². The van der Waals surface area contributed by atoms with E-state index in [0.717, 1.165) is 19.3 Å². The first-order chi connectivity index (χ1) is 14.0. The van der Waals surface area contributed by atoms with Crippen LogP contribution in [0, 0.1) is 0 Å². The fourth-order valence-electron chi connectivity index (χ4n) is 3.74. The molecule has 0 atom stereocenters. The van der Waals surface area contributed by atoms with E-state index in [-0.39, 0.29) is 45.6 Å². The molecular formula is C22H18ClNO5. The van der Waals surface area contributed by atoms with Gasteiger partial charge in [-0.2, -0.15) is 0 Å². The van der Waals surface area contributed by atoms with Crippen molar-refractivity contribution >= 4 is 35.0 Å². The lowest BCUT2D eigenvalue weighted by atomic mass is 9.83. The predicted octanol–water partition coefficient (Wildman–Crippen LogP) is 3.28. The van der Waals surface area contributed by atoms with E-state index in [9.17, 15) is 19.2 Å². The van der Waals surface area contributed by atoms with Crippen LogP contribution in [0.25, 0.3) is 0 Å². The van der Waals surface area contributed by atoms with Crippen molar-refractivity contribution in [2.75, 3.05) is 19.7 Å². The number of halogens is 1. The van der Waals surface area contributed by atoms with E-state index < -0.39 is 11.8 Å². The fraction of sp³-hybridized carbons (Fsp3) is 0.273. The smallest absolute Gasteiger partial charge is 0.340 e. The highest BCUT2D eigenvalue weighted by Gasteiger charge is 2.33. The molecule has 1 saturated heterocycles. The number of benzene rings is 2. The molecule has 0 aromatic heterocycles. The second-order valence-corrected chi connectivity index (χ2v) is 7.45. The third-order valence-corrected chi connectivity index (χ3v) is 5.68. The van der Waals surface area contributed by atoms with Crippen molar-refractivity contribution in [3.05, 3.63) is 69.2 Å². The number of carbonyl (C=O) groups is 4. The first-order valence-electron chi connectivity index (χ1n) is 9.45. The molecule has 29 heavy (non-hydrogen) atoms. The number of ether oxygens (including phenoxy) is 1. The van der Waals surface area contributed by atoms with Gasteiger partial charge < -0.3 is 9.64 Å². The summed E-state index contributed by atoms with van der Waals surface area (Å²) in [4.78, 5) is 51.9. The molecule has 1 heterocycles. The topological polar surface area (TPSA) is 80.8 Å². The minimum atomic E-state index is -0.803. The minimum absolute atomic E-state index is 0.00725. The summed E-state index contributed by atoms with van der Waals surface area (Å²) in [5.41, 5.74) is 0.658. The summed E-state index contributed by atoms with van der Waals surface area (Å²) >= 11 is 6.34. The van der Waals surface area contributed by atoms with E-state index >= 15 is 0 Å². The highest BCUT2D eigenvalue weighted by molar-refractivity contribution is 6.41. The maximum absolute atomic E-state index is 12.9. The van der Waals surface area contributed by atoms with Gasteiger partial charge in [0.15, 0.2) is 18.2 Å². The summed E-state index contributed by atoms with van der Waals surface area (Å²) < 4.78 is 5.14. The number of hydrogen-bond donors (Lipinski definition) is 0. The monoisotopic (exact) mass is 411 g/mol. The van der Waals surface area contributed by atoms with Crippen LogP contribution in [0.2, 0.25) is 5.02 Å². The molecule has 2 aromatic rings. The Hall–Kier alpha value is -2.99. The van der Waals surface area contributed by atoms with E-state index in [4.69, 9.17) is 16.3 Å². The van der Waals surface area contributed by atoms with Crippen LogP contribution in [0.1, 0.15) is 61.5 Å². The Balaban J connectivity index is 1.57. The zero-order valence-corrected chi connectivity index (χ0v) is 16.3. The van der Waals surface area contributed by atoms with Gasteiger partial charge in [-0.25, -0.2) is 4.79 Å². The van der Waals surface area contributed by atoms with Gasteiger partial charge in [-0.3, -0.25) is 14.4 Å². The third kappa shape index (κ3) is 3.44. The molecule has 1 aliphatic heterocycles. The van der Waals surface area contributed by atoms with Crippen molar-refractivity contribution in [1.82, 2.24) is 4.90 Å². The third-order valence-electron chi connectivity index (χ3n) is 5.29. The van der Waals surface area contributed by atoms with Gasteiger partial charge in [-0.15, -0.1) is 0 Å². The number of piperidine rings is 1. The van der Waals surface area contributed by atoms with Gasteiger partial charge in [0.1, 0.15) is 0 Å². The Kier molecular flexibility index (Phi) is 5.20. The number of rotatable bonds is 3. The van der Waals surface area contributed by atoms with Gasteiger partial charge in [0.2, 0.25) is 0 Å². The molecule has 0 spiro atoms. The molecule has 0 N–H and O–H groups in total. The highest BCUT2D eigenvalue weighted by Crippen LogP contribution is 2.34. The van der Waals surface area contributed by atoms with Gasteiger partial charge in [0, 0.05) is 29.8 Å². The van der Waals surface area contributed by atoms with Crippen LogP contribution in [-0.2, 0) is 9.53 Å². The fourth-order valence-corrected chi connectivity index (χ4v) is 4.07. The number of amides is 1. The molecule has 0 bridgehead atoms. The van der Waals surface area contributed by atoms with Crippen molar-refractivity contribution in [3.8, 4) is 0 Å². The number of ketones is 2. The molecule has 6 nitrogen and oxygen atoms in total. The van der Waals surface area contributed by atoms with Crippen molar-refractivity contribution in [3.63, 3.8) is 0 Å². The summed E-state index contributed by atoms with van der Waals surface area (Å²) in [6.45, 7) is 0.931. The average Bonchev–Trinajstić information content (AvgIpc) is 2.76. The predicted molar refractivity (Wildman–Crippen MR) is 105 cm³/mol. The Morgan fingerprint density at radius 1 is 0.897 bits per heavy atom. The minimum Gasteiger partial charge on any atom is -0.452 e. The molecule has 4 rings (SSSR count). The van der Waals surface area contributed by atoms with Crippen LogP contribution in [0.3, 0.4) is 0 Å². The first kappa shape index (κ1) is 19.3. The Morgan fingerprint density at radius 3 is 2.24 bits per heavy atom. The molecule has 0 unspecified atom stereocenters. The van der Waals surface area contributed by atoms with Gasteiger partial charge in [0.05, 0.1) is 16.1 Å². The maximum Gasteiger partial charge on any atom is 0.340 e. The summed E-state index contributed by atoms with van der Waals surface area (Å²) in [6.07, 6.45) is 2.96. The van der Waals surface area contributed by atoms with Crippen molar-refractivity contribution in [2.45, 2.75) is 19.3 Å². The molecule has 1 amide bonds. The number of fused-ring (bicyclic) bond motifs is 2. The average molecular weight is 412 g/mol. The van der Waals surface area contributed by atoms with Crippen molar-refractivity contribution in [2.24, 2.45) is 0 Å². The first-order valence-corrected chi connectivity index (χ1v) is 9.82. The molecule has 1 fully saturated rings. The van der Waals surface area contributed by atoms with Crippen LogP contribution in [0.4, 0.5) is 0 Å². The molecule has 7 heteroatoms. The van der Waals surface area contributed by atoms with E-state index in [1.807, 2.05) is 0 Å². The number of esters is 1. The second-order valence-electron chi connectivity index (χ2n) is 7.07. The largest absolute Gasteiger partial charge is 0.452 e. The lowest BCUT2D eigenvalue weighted by Gasteiger charge is -2.26. The van der Waals surface area contributed by atoms with Crippen LogP contribution < -0.4 is 0 Å². The maximum atomic E-state index is 12.9. The molecule has 2 aromatic carbocycles. The SMILES string of the molecule is O=C(OCC(=O)N1CCCCC1)c1ccc2c(c1Cl)C(=O)c1ccccc1C2=O. The number of likely N-dealkylation sites (tertiary alicyclic amines) is 1. The van der Waals surface area contributed by atoms with Crippen LogP contribution in [0.15, 0.2) is 36.4 Å². The molecule has 2 aliphatic rings. The quantitative estimate of drug-likeness (QED) is 0.618. The zero-order valence-electron chi connectivity index (χ0n) is 15.6. The van der Waals surface area contributed by atoms with Crippen LogP contribution >= 0.6 is 11.6 Å². The number of carbonyl (C=O) groups excluding carboxylic acids is 4. The molecular weight excluding hydrogens is 394 g/mol. The molecule has 148 valence electrons. The standard InChI is InChI=1S/C22H18ClNO5/c23-19-16(22(28)29-12-17(25)24-10-4-1-5-11-24)9-8-15-18(19)21(27)14-7-3-2-6-13(14)20(15)26/h2-3,6-9H,1,4-5,10-12H2. The molecule has 0 radical (unpaired) electrons. The highest BCUT2D eigenvalue weighted by atomic mass is 35.5. The molecule has 0 saturated carbocycles. The van der Waals surface area contributed by atoms with Crippen LogP contribution in [-0.4, -0.2) is 48.0 Å². The van der Waals surface area contributed by atoms with Crippen LogP contribution in [0.5, 0.6) is 0 Å². The number of nitrogens with zero attached hydrogens (tertiary/aromatic N) is 1. The molecule has 1 aliphatic carbocycles. The van der Waals surface area contributed by atoms with E-state index in [2.05, 4.69) is 0 Å². The van der Waals surface area contributed by atoms with E-state index in [1.165, 1.54) is 12.1 Å². The lowest BCUT2D eigenvalue weighted by Crippen LogP contribution is -2.38. The van der Waals surface area contributed by atoms with Gasteiger partial charge in [-0.1, -0.05) is 35.9 Å². The van der Waals surface area contributed by atoms with Gasteiger partial charge in [-0.05, 0) is 31.4 Å². The number of hydrogen-bond acceptors (Lipinski definition) is 5. The Labute approximate surface area is 172 Å². The van der Waals surface area contributed by atoms with Gasteiger partial charge >= 0.3 is 5.97 Å². The Bertz CT molecular complexity index is 1040. The summed E-state index contributed by atoms with van der Waals surface area (Å²) in [5, 5.41) is -0.134. The second kappa shape index (κ2) is 7.79. The summed E-state index contributed by atoms with van der Waals surface area (Å²) in [7, 11) is 0. The lowest BCUT2D eigenvalue weighted by molar-refractivity contribution is -0.135. The normalized spacial score (nSPS) is 15.6. The van der Waals surface area contributed by atoms with Gasteiger partial charge in [0.25, 0.3) is 5.91 Å².